The summed E-state index contributed by atoms with van der Waals surface area (Å²) < 4.78 is 45.8. The van der Waals surface area contributed by atoms with E-state index in [1.54, 1.807) is 23.1 Å². The van der Waals surface area contributed by atoms with Gasteiger partial charge < -0.3 is 18.9 Å². The van der Waals surface area contributed by atoms with Gasteiger partial charge in [0.2, 0.25) is 10.0 Å². The van der Waals surface area contributed by atoms with Crippen LogP contribution < -0.4 is 5.46 Å². The number of sulfonamides is 1. The summed E-state index contributed by atoms with van der Waals surface area (Å²) in [4.78, 5) is 14.2. The Balaban J connectivity index is 1.75. The van der Waals surface area contributed by atoms with E-state index >= 15 is 0 Å². The molecule has 0 atom stereocenters. The average Bonchev–Trinajstić information content (AvgIpc) is 2.83. The molecular formula is C22H35BN2O6S. The highest BCUT2D eigenvalue weighted by Crippen LogP contribution is 2.36. The maximum absolute atomic E-state index is 13.4. The van der Waals surface area contributed by atoms with Gasteiger partial charge in [0.05, 0.1) is 16.1 Å². The van der Waals surface area contributed by atoms with Gasteiger partial charge in [-0.2, -0.15) is 4.31 Å². The zero-order valence-corrected chi connectivity index (χ0v) is 21.0. The number of benzene rings is 1. The van der Waals surface area contributed by atoms with Crippen molar-refractivity contribution in [3.63, 3.8) is 0 Å². The number of hydrogen-bond donors (Lipinski definition) is 0. The summed E-state index contributed by atoms with van der Waals surface area (Å²) >= 11 is 0. The fourth-order valence-corrected chi connectivity index (χ4v) is 5.12. The number of amides is 1. The highest BCUT2D eigenvalue weighted by molar-refractivity contribution is 7.89. The molecule has 0 aromatic heterocycles. The van der Waals surface area contributed by atoms with Crippen LogP contribution in [0.3, 0.4) is 0 Å². The molecule has 2 saturated heterocycles. The second kappa shape index (κ2) is 8.63. The molecule has 2 aliphatic heterocycles. The Bertz CT molecular complexity index is 941. The number of rotatable bonds is 3. The Morgan fingerprint density at radius 2 is 1.66 bits per heavy atom. The summed E-state index contributed by atoms with van der Waals surface area (Å²) in [5.74, 6) is 0. The van der Waals surface area contributed by atoms with Crippen molar-refractivity contribution >= 4 is 28.7 Å². The fourth-order valence-electron chi connectivity index (χ4n) is 3.59. The van der Waals surface area contributed by atoms with Crippen molar-refractivity contribution in [1.29, 1.82) is 0 Å². The molecule has 1 amide bonds. The Hall–Kier alpha value is -1.62. The van der Waals surface area contributed by atoms with Crippen LogP contribution >= 0.6 is 0 Å². The lowest BCUT2D eigenvalue weighted by atomic mass is 9.79. The van der Waals surface area contributed by atoms with E-state index in [0.717, 1.165) is 0 Å². The number of hydrogen-bond acceptors (Lipinski definition) is 6. The number of nitrogens with zero attached hydrogens (tertiary/aromatic N) is 2. The molecule has 178 valence electrons. The molecule has 2 fully saturated rings. The van der Waals surface area contributed by atoms with Gasteiger partial charge in [-0.15, -0.1) is 0 Å². The van der Waals surface area contributed by atoms with E-state index < -0.39 is 40.0 Å². The second-order valence-electron chi connectivity index (χ2n) is 10.4. The van der Waals surface area contributed by atoms with E-state index in [1.807, 2.05) is 54.5 Å². The third-order valence-electron chi connectivity index (χ3n) is 6.13. The summed E-state index contributed by atoms with van der Waals surface area (Å²) in [6.45, 7) is 14.6. The van der Waals surface area contributed by atoms with Crippen LogP contribution in [0.5, 0.6) is 0 Å². The summed E-state index contributed by atoms with van der Waals surface area (Å²) in [6.07, 6.45) is 0.120. The third-order valence-corrected chi connectivity index (χ3v) is 8.02. The van der Waals surface area contributed by atoms with Gasteiger partial charge in [0.1, 0.15) is 5.60 Å². The van der Waals surface area contributed by atoms with Gasteiger partial charge in [-0.1, -0.05) is 12.1 Å². The second-order valence-corrected chi connectivity index (χ2v) is 12.3. The molecule has 2 aliphatic rings. The van der Waals surface area contributed by atoms with Crippen LogP contribution in [0.1, 0.15) is 54.9 Å². The van der Waals surface area contributed by atoms with E-state index in [-0.39, 0.29) is 18.0 Å². The standard InChI is InChI=1S/C22H35BN2O6S/c1-20(2,3)29-19(26)24-12-9-13-25(15-14-24)32(27,28)18-11-8-10-17(16-18)23-30-21(4,5)22(6,7)31-23/h8,10-11,16H,9,12-15H2,1-7H3. The topological polar surface area (TPSA) is 85.4 Å². The van der Waals surface area contributed by atoms with Gasteiger partial charge in [0.15, 0.2) is 0 Å². The van der Waals surface area contributed by atoms with E-state index in [0.29, 0.717) is 25.0 Å². The molecule has 0 saturated carbocycles. The number of ether oxygens (including phenoxy) is 1. The van der Waals surface area contributed by atoms with Crippen LogP contribution in [-0.4, -0.2) is 73.8 Å². The normalized spacial score (nSPS) is 22.0. The highest BCUT2D eigenvalue weighted by atomic mass is 32.2. The minimum atomic E-state index is -3.74. The van der Waals surface area contributed by atoms with Gasteiger partial charge in [0, 0.05) is 26.2 Å². The summed E-state index contributed by atoms with van der Waals surface area (Å²) in [6, 6.07) is 6.72. The van der Waals surface area contributed by atoms with Crippen LogP contribution in [0.25, 0.3) is 0 Å². The van der Waals surface area contributed by atoms with Crippen molar-refractivity contribution in [3.05, 3.63) is 24.3 Å². The highest BCUT2D eigenvalue weighted by Gasteiger charge is 2.51. The maximum atomic E-state index is 13.4. The van der Waals surface area contributed by atoms with Gasteiger partial charge in [-0.3, -0.25) is 0 Å². The van der Waals surface area contributed by atoms with Gasteiger partial charge >= 0.3 is 13.2 Å². The van der Waals surface area contributed by atoms with Gasteiger partial charge in [0.25, 0.3) is 0 Å². The Labute approximate surface area is 192 Å². The third kappa shape index (κ3) is 5.30. The molecule has 0 radical (unpaired) electrons. The molecule has 0 N–H and O–H groups in total. The maximum Gasteiger partial charge on any atom is 0.494 e. The van der Waals surface area contributed by atoms with Crippen molar-refractivity contribution in [3.8, 4) is 0 Å². The molecule has 0 aliphatic carbocycles. The zero-order chi connectivity index (χ0) is 23.9. The molecule has 2 heterocycles. The van der Waals surface area contributed by atoms with Crippen molar-refractivity contribution in [2.45, 2.75) is 76.6 Å². The predicted octanol–water partition coefficient (Wildman–Crippen LogP) is 2.62. The summed E-state index contributed by atoms with van der Waals surface area (Å²) in [7, 11) is -4.37. The first-order chi connectivity index (χ1) is 14.6. The lowest BCUT2D eigenvalue weighted by molar-refractivity contribution is 0.00578. The van der Waals surface area contributed by atoms with Crippen LogP contribution in [0.15, 0.2) is 29.2 Å². The smallest absolute Gasteiger partial charge is 0.444 e. The average molecular weight is 466 g/mol. The minimum Gasteiger partial charge on any atom is -0.444 e. The van der Waals surface area contributed by atoms with E-state index in [2.05, 4.69) is 0 Å². The van der Waals surface area contributed by atoms with E-state index in [1.165, 1.54) is 4.31 Å². The lowest BCUT2D eigenvalue weighted by Crippen LogP contribution is -2.41. The fraction of sp³-hybridized carbons (Fsp3) is 0.682. The summed E-state index contributed by atoms with van der Waals surface area (Å²) in [5, 5.41) is 0. The van der Waals surface area contributed by atoms with Crippen molar-refractivity contribution in [2.75, 3.05) is 26.2 Å². The molecule has 0 unspecified atom stereocenters. The largest absolute Gasteiger partial charge is 0.494 e. The molecule has 0 bridgehead atoms. The molecular weight excluding hydrogens is 431 g/mol. The molecule has 8 nitrogen and oxygen atoms in total. The molecule has 1 aromatic carbocycles. The Morgan fingerprint density at radius 1 is 1.03 bits per heavy atom. The Kier molecular flexibility index (Phi) is 6.74. The molecule has 1 aromatic rings. The Morgan fingerprint density at radius 3 is 2.25 bits per heavy atom. The minimum absolute atomic E-state index is 0.190. The van der Waals surface area contributed by atoms with E-state index in [4.69, 9.17) is 14.0 Å². The SMILES string of the molecule is CC(C)(C)OC(=O)N1CCCN(S(=O)(=O)c2cccc(B3OC(C)(C)C(C)(C)O3)c2)CC1. The number of carbonyl (C=O) groups excluding carboxylic acids is 1. The predicted molar refractivity (Wildman–Crippen MR) is 123 cm³/mol. The van der Waals surface area contributed by atoms with Crippen LogP contribution in [0.2, 0.25) is 0 Å². The lowest BCUT2D eigenvalue weighted by Gasteiger charge is -2.32. The molecule has 3 rings (SSSR count). The first-order valence-corrected chi connectivity index (χ1v) is 12.5. The van der Waals surface area contributed by atoms with Crippen molar-refractivity contribution < 1.29 is 27.3 Å². The first-order valence-electron chi connectivity index (χ1n) is 11.1. The van der Waals surface area contributed by atoms with Crippen LogP contribution in [-0.2, 0) is 24.1 Å². The van der Waals surface area contributed by atoms with Crippen molar-refractivity contribution in [2.24, 2.45) is 0 Å². The summed E-state index contributed by atoms with van der Waals surface area (Å²) in [5.41, 5.74) is -0.955. The monoisotopic (exact) mass is 466 g/mol. The zero-order valence-electron chi connectivity index (χ0n) is 20.2. The molecule has 10 heteroatoms. The quantitative estimate of drug-likeness (QED) is 0.637. The number of carbonyl (C=O) groups is 1. The molecule has 32 heavy (non-hydrogen) atoms. The van der Waals surface area contributed by atoms with Crippen molar-refractivity contribution in [1.82, 2.24) is 9.21 Å². The van der Waals surface area contributed by atoms with Crippen LogP contribution in [0.4, 0.5) is 4.79 Å². The van der Waals surface area contributed by atoms with Gasteiger partial charge in [-0.25, -0.2) is 13.2 Å². The first kappa shape index (κ1) is 25.0. The molecule has 0 spiro atoms. The van der Waals surface area contributed by atoms with E-state index in [9.17, 15) is 13.2 Å². The van der Waals surface area contributed by atoms with Crippen LogP contribution in [0, 0.1) is 0 Å². The van der Waals surface area contributed by atoms with Gasteiger partial charge in [-0.05, 0) is 72.5 Å².